The van der Waals surface area contributed by atoms with Gasteiger partial charge in [0.15, 0.2) is 0 Å². The zero-order chi connectivity index (χ0) is 10.2. The SMILES string of the molecule is COC(=O)C12CCCC(CC(N)C1)C2. The van der Waals surface area contributed by atoms with Crippen LogP contribution in [0.4, 0.5) is 0 Å². The third kappa shape index (κ3) is 1.54. The smallest absolute Gasteiger partial charge is 0.311 e. The highest BCUT2D eigenvalue weighted by molar-refractivity contribution is 5.77. The van der Waals surface area contributed by atoms with Crippen molar-refractivity contribution < 1.29 is 9.53 Å². The van der Waals surface area contributed by atoms with Crippen molar-refractivity contribution in [2.75, 3.05) is 7.11 Å². The summed E-state index contributed by atoms with van der Waals surface area (Å²) in [6.45, 7) is 0. The zero-order valence-corrected chi connectivity index (χ0v) is 8.79. The minimum atomic E-state index is -0.227. The van der Waals surface area contributed by atoms with Crippen LogP contribution in [0, 0.1) is 11.3 Å². The molecule has 2 aliphatic rings. The molecule has 0 aliphatic heterocycles. The Morgan fingerprint density at radius 1 is 1.50 bits per heavy atom. The largest absolute Gasteiger partial charge is 0.469 e. The molecule has 2 fully saturated rings. The van der Waals surface area contributed by atoms with Crippen LogP contribution in [0.5, 0.6) is 0 Å². The Balaban J connectivity index is 2.18. The van der Waals surface area contributed by atoms with Crippen molar-refractivity contribution in [3.8, 4) is 0 Å². The van der Waals surface area contributed by atoms with E-state index in [1.54, 1.807) is 0 Å². The lowest BCUT2D eigenvalue weighted by molar-refractivity contribution is -0.159. The summed E-state index contributed by atoms with van der Waals surface area (Å²) in [4.78, 5) is 11.8. The number of hydrogen-bond acceptors (Lipinski definition) is 3. The van der Waals surface area contributed by atoms with Gasteiger partial charge in [0.1, 0.15) is 0 Å². The number of fused-ring (bicyclic) bond motifs is 2. The van der Waals surface area contributed by atoms with Gasteiger partial charge in [0.2, 0.25) is 0 Å². The highest BCUT2D eigenvalue weighted by atomic mass is 16.5. The topological polar surface area (TPSA) is 52.3 Å². The van der Waals surface area contributed by atoms with Crippen LogP contribution in [0.3, 0.4) is 0 Å². The molecular formula is C11H19NO2. The number of hydrogen-bond donors (Lipinski definition) is 1. The Kier molecular flexibility index (Phi) is 2.52. The van der Waals surface area contributed by atoms with Crippen LogP contribution in [0.25, 0.3) is 0 Å². The highest BCUT2D eigenvalue weighted by Gasteiger charge is 2.47. The van der Waals surface area contributed by atoms with E-state index in [1.165, 1.54) is 13.5 Å². The average molecular weight is 197 g/mol. The van der Waals surface area contributed by atoms with E-state index < -0.39 is 0 Å². The Bertz CT molecular complexity index is 237. The Labute approximate surface area is 85.0 Å². The number of carbonyl (C=O) groups is 1. The monoisotopic (exact) mass is 197 g/mol. The van der Waals surface area contributed by atoms with E-state index in [0.29, 0.717) is 5.92 Å². The molecule has 2 N–H and O–H groups in total. The fourth-order valence-electron chi connectivity index (χ4n) is 3.37. The Hall–Kier alpha value is -0.570. The van der Waals surface area contributed by atoms with Crippen molar-refractivity contribution >= 4 is 5.97 Å². The predicted molar refractivity (Wildman–Crippen MR) is 53.6 cm³/mol. The number of ether oxygens (including phenoxy) is 1. The summed E-state index contributed by atoms with van der Waals surface area (Å²) >= 11 is 0. The molecule has 3 unspecified atom stereocenters. The fraction of sp³-hybridized carbons (Fsp3) is 0.909. The molecule has 0 spiro atoms. The second kappa shape index (κ2) is 3.54. The molecule has 80 valence electrons. The van der Waals surface area contributed by atoms with Gasteiger partial charge in [-0.25, -0.2) is 0 Å². The van der Waals surface area contributed by atoms with Crippen molar-refractivity contribution in [1.29, 1.82) is 0 Å². The number of rotatable bonds is 1. The van der Waals surface area contributed by atoms with Gasteiger partial charge >= 0.3 is 5.97 Å². The molecule has 2 aliphatic carbocycles. The summed E-state index contributed by atoms with van der Waals surface area (Å²) in [6.07, 6.45) is 6.31. The maximum Gasteiger partial charge on any atom is 0.311 e. The van der Waals surface area contributed by atoms with Gasteiger partial charge in [0.05, 0.1) is 12.5 Å². The van der Waals surface area contributed by atoms with Crippen LogP contribution in [0.1, 0.15) is 38.5 Å². The first-order valence-corrected chi connectivity index (χ1v) is 5.50. The van der Waals surface area contributed by atoms with Crippen LogP contribution in [-0.2, 0) is 9.53 Å². The number of carbonyl (C=O) groups excluding carboxylic acids is 1. The normalized spacial score (nSPS) is 41.9. The predicted octanol–water partition coefficient (Wildman–Crippen LogP) is 1.46. The lowest BCUT2D eigenvalue weighted by atomic mass is 9.61. The molecule has 0 radical (unpaired) electrons. The molecule has 0 aromatic rings. The van der Waals surface area contributed by atoms with Gasteiger partial charge in [-0.1, -0.05) is 12.8 Å². The summed E-state index contributed by atoms with van der Waals surface area (Å²) in [5.41, 5.74) is 5.77. The molecule has 0 saturated heterocycles. The molecule has 3 heteroatoms. The summed E-state index contributed by atoms with van der Waals surface area (Å²) in [7, 11) is 1.49. The molecule has 2 saturated carbocycles. The van der Waals surface area contributed by atoms with E-state index in [0.717, 1.165) is 32.1 Å². The lowest BCUT2D eigenvalue weighted by Gasteiger charge is -2.45. The maximum absolute atomic E-state index is 11.8. The minimum Gasteiger partial charge on any atom is -0.469 e. The van der Waals surface area contributed by atoms with E-state index >= 15 is 0 Å². The van der Waals surface area contributed by atoms with Crippen molar-refractivity contribution in [3.63, 3.8) is 0 Å². The van der Waals surface area contributed by atoms with Crippen molar-refractivity contribution in [2.24, 2.45) is 17.1 Å². The van der Waals surface area contributed by atoms with Gasteiger partial charge in [-0.2, -0.15) is 0 Å². The van der Waals surface area contributed by atoms with E-state index in [-0.39, 0.29) is 17.4 Å². The summed E-state index contributed by atoms with van der Waals surface area (Å²) in [6, 6.07) is 0.202. The van der Waals surface area contributed by atoms with E-state index in [4.69, 9.17) is 10.5 Å². The second-order valence-electron chi connectivity index (χ2n) is 4.93. The van der Waals surface area contributed by atoms with Crippen LogP contribution in [0.15, 0.2) is 0 Å². The van der Waals surface area contributed by atoms with Gasteiger partial charge < -0.3 is 10.5 Å². The molecule has 0 aromatic carbocycles. The van der Waals surface area contributed by atoms with Crippen molar-refractivity contribution in [2.45, 2.75) is 44.6 Å². The Morgan fingerprint density at radius 2 is 2.29 bits per heavy atom. The summed E-state index contributed by atoms with van der Waals surface area (Å²) < 4.78 is 4.92. The van der Waals surface area contributed by atoms with Crippen LogP contribution in [0.2, 0.25) is 0 Å². The molecule has 14 heavy (non-hydrogen) atoms. The third-order valence-corrected chi connectivity index (χ3v) is 3.85. The van der Waals surface area contributed by atoms with Crippen LogP contribution < -0.4 is 5.73 Å². The molecular weight excluding hydrogens is 178 g/mol. The average Bonchev–Trinajstić information content (AvgIpc) is 2.15. The summed E-state index contributed by atoms with van der Waals surface area (Å²) in [5, 5.41) is 0. The lowest BCUT2D eigenvalue weighted by Crippen LogP contribution is -2.47. The number of esters is 1. The first-order chi connectivity index (χ1) is 6.66. The van der Waals surface area contributed by atoms with Gasteiger partial charge in [-0.15, -0.1) is 0 Å². The number of nitrogens with two attached hydrogens (primary N) is 1. The van der Waals surface area contributed by atoms with E-state index in [1.807, 2.05) is 0 Å². The molecule has 0 aromatic heterocycles. The molecule has 0 heterocycles. The van der Waals surface area contributed by atoms with Gasteiger partial charge in [-0.05, 0) is 31.6 Å². The molecule has 2 bridgehead atoms. The minimum absolute atomic E-state index is 0.0302. The van der Waals surface area contributed by atoms with Gasteiger partial charge in [0, 0.05) is 6.04 Å². The zero-order valence-electron chi connectivity index (χ0n) is 8.79. The van der Waals surface area contributed by atoms with Gasteiger partial charge in [0.25, 0.3) is 0 Å². The molecule has 3 atom stereocenters. The molecule has 2 rings (SSSR count). The van der Waals surface area contributed by atoms with Crippen molar-refractivity contribution in [3.05, 3.63) is 0 Å². The first-order valence-electron chi connectivity index (χ1n) is 5.50. The van der Waals surface area contributed by atoms with Gasteiger partial charge in [-0.3, -0.25) is 4.79 Å². The molecule has 3 nitrogen and oxygen atoms in total. The fourth-order valence-corrected chi connectivity index (χ4v) is 3.37. The van der Waals surface area contributed by atoms with Crippen LogP contribution >= 0.6 is 0 Å². The third-order valence-electron chi connectivity index (χ3n) is 3.85. The standard InChI is InChI=1S/C11H19NO2/c1-14-10(13)11-4-2-3-8(6-11)5-9(12)7-11/h8-9H,2-7,12H2,1H3. The van der Waals surface area contributed by atoms with E-state index in [2.05, 4.69) is 0 Å². The quantitative estimate of drug-likeness (QED) is 0.647. The van der Waals surface area contributed by atoms with Crippen LogP contribution in [-0.4, -0.2) is 19.1 Å². The first kappa shape index (κ1) is 9.97. The summed E-state index contributed by atoms with van der Waals surface area (Å²) in [5.74, 6) is 0.629. The van der Waals surface area contributed by atoms with Crippen molar-refractivity contribution in [1.82, 2.24) is 0 Å². The molecule has 0 amide bonds. The van der Waals surface area contributed by atoms with E-state index in [9.17, 15) is 4.79 Å². The number of methoxy groups -OCH3 is 1. The second-order valence-corrected chi connectivity index (χ2v) is 4.93. The Morgan fingerprint density at radius 3 is 3.00 bits per heavy atom. The highest BCUT2D eigenvalue weighted by Crippen LogP contribution is 2.49. The maximum atomic E-state index is 11.8.